The minimum absolute atomic E-state index is 0.0309. The molecule has 0 aromatic carbocycles. The van der Waals surface area contributed by atoms with Gasteiger partial charge in [-0.05, 0) is 32.2 Å². The van der Waals surface area contributed by atoms with Crippen LogP contribution in [0.2, 0.25) is 0 Å². The molecule has 0 bridgehead atoms. The fraction of sp³-hybridized carbons (Fsp3) is 0.409. The van der Waals surface area contributed by atoms with Crippen molar-refractivity contribution in [2.45, 2.75) is 38.8 Å². The van der Waals surface area contributed by atoms with E-state index >= 15 is 0 Å². The zero-order valence-corrected chi connectivity index (χ0v) is 21.2. The minimum atomic E-state index is -3.32. The SMILES string of the molecule is CCS(=O)(=O)N1CC(CC#N)(n2cc(-c3nc(Nc4cnn(C(C)C)c4)nc4ccsc34)cn2)C1. The Morgan fingerprint density at radius 1 is 1.23 bits per heavy atom. The molecule has 35 heavy (non-hydrogen) atoms. The normalized spacial score (nSPS) is 15.9. The predicted molar refractivity (Wildman–Crippen MR) is 134 cm³/mol. The van der Waals surface area contributed by atoms with Crippen molar-refractivity contribution in [1.29, 1.82) is 5.26 Å². The largest absolute Gasteiger partial charge is 0.321 e. The molecule has 1 saturated heterocycles. The molecule has 182 valence electrons. The quantitative estimate of drug-likeness (QED) is 0.381. The van der Waals surface area contributed by atoms with Crippen molar-refractivity contribution in [3.63, 3.8) is 0 Å². The molecule has 4 aromatic rings. The van der Waals surface area contributed by atoms with Crippen molar-refractivity contribution < 1.29 is 8.42 Å². The molecule has 0 radical (unpaired) electrons. The molecule has 0 atom stereocenters. The highest BCUT2D eigenvalue weighted by atomic mass is 32.2. The van der Waals surface area contributed by atoms with Crippen LogP contribution >= 0.6 is 11.3 Å². The van der Waals surface area contributed by atoms with Crippen molar-refractivity contribution >= 4 is 43.2 Å². The third-order valence-electron chi connectivity index (χ3n) is 6.14. The first-order chi connectivity index (χ1) is 16.7. The maximum Gasteiger partial charge on any atom is 0.228 e. The van der Waals surface area contributed by atoms with Crippen LogP contribution in [0.25, 0.3) is 21.5 Å². The predicted octanol–water partition coefficient (Wildman–Crippen LogP) is 3.35. The van der Waals surface area contributed by atoms with Gasteiger partial charge in [-0.15, -0.1) is 11.3 Å². The van der Waals surface area contributed by atoms with Crippen LogP contribution in [-0.4, -0.2) is 61.1 Å². The van der Waals surface area contributed by atoms with E-state index < -0.39 is 15.6 Å². The zero-order valence-electron chi connectivity index (χ0n) is 19.6. The summed E-state index contributed by atoms with van der Waals surface area (Å²) in [6.07, 6.45) is 7.35. The van der Waals surface area contributed by atoms with E-state index in [0.29, 0.717) is 5.95 Å². The Kier molecular flexibility index (Phi) is 5.82. The van der Waals surface area contributed by atoms with Gasteiger partial charge in [0.25, 0.3) is 0 Å². The van der Waals surface area contributed by atoms with Crippen LogP contribution in [0.5, 0.6) is 0 Å². The molecule has 4 aromatic heterocycles. The van der Waals surface area contributed by atoms with Crippen molar-refractivity contribution in [3.8, 4) is 17.3 Å². The van der Waals surface area contributed by atoms with Crippen molar-refractivity contribution in [2.24, 2.45) is 0 Å². The first-order valence-corrected chi connectivity index (χ1v) is 13.7. The number of sulfonamides is 1. The number of thiophene rings is 1. The van der Waals surface area contributed by atoms with Crippen LogP contribution < -0.4 is 5.32 Å². The van der Waals surface area contributed by atoms with Crippen LogP contribution in [0.15, 0.2) is 36.2 Å². The van der Waals surface area contributed by atoms with Crippen LogP contribution in [0.4, 0.5) is 11.6 Å². The summed E-state index contributed by atoms with van der Waals surface area (Å²) < 4.78 is 30.4. The van der Waals surface area contributed by atoms with Gasteiger partial charge in [-0.3, -0.25) is 9.36 Å². The Morgan fingerprint density at radius 2 is 2.03 bits per heavy atom. The second-order valence-electron chi connectivity index (χ2n) is 8.86. The number of hydrogen-bond acceptors (Lipinski definition) is 9. The molecular weight excluding hydrogens is 486 g/mol. The molecule has 0 unspecified atom stereocenters. The summed E-state index contributed by atoms with van der Waals surface area (Å²) in [5.74, 6) is 0.473. The molecule has 1 aliphatic heterocycles. The smallest absolute Gasteiger partial charge is 0.228 e. The average molecular weight is 512 g/mol. The monoisotopic (exact) mass is 511 g/mol. The molecule has 1 N–H and O–H groups in total. The molecule has 0 spiro atoms. The molecule has 0 amide bonds. The second-order valence-corrected chi connectivity index (χ2v) is 12.0. The lowest BCUT2D eigenvalue weighted by molar-refractivity contribution is 0.0719. The van der Waals surface area contributed by atoms with E-state index in [-0.39, 0.29) is 31.3 Å². The van der Waals surface area contributed by atoms with Gasteiger partial charge in [-0.25, -0.2) is 18.4 Å². The van der Waals surface area contributed by atoms with E-state index in [1.165, 1.54) is 15.6 Å². The molecule has 1 fully saturated rings. The van der Waals surface area contributed by atoms with Crippen LogP contribution in [-0.2, 0) is 15.6 Å². The molecule has 1 aliphatic rings. The summed E-state index contributed by atoms with van der Waals surface area (Å²) in [4.78, 5) is 9.41. The second kappa shape index (κ2) is 8.71. The molecule has 11 nitrogen and oxygen atoms in total. The highest BCUT2D eigenvalue weighted by molar-refractivity contribution is 7.89. The lowest BCUT2D eigenvalue weighted by Gasteiger charge is -2.47. The maximum atomic E-state index is 12.3. The molecule has 5 heterocycles. The lowest BCUT2D eigenvalue weighted by Crippen LogP contribution is -2.64. The van der Waals surface area contributed by atoms with Gasteiger partial charge < -0.3 is 5.32 Å². The van der Waals surface area contributed by atoms with Gasteiger partial charge >= 0.3 is 0 Å². The van der Waals surface area contributed by atoms with Gasteiger partial charge in [-0.1, -0.05) is 0 Å². The Morgan fingerprint density at radius 3 is 2.71 bits per heavy atom. The van der Waals surface area contributed by atoms with Crippen LogP contribution in [0, 0.1) is 11.3 Å². The number of hydrogen-bond donors (Lipinski definition) is 1. The number of rotatable bonds is 8. The van der Waals surface area contributed by atoms with E-state index in [0.717, 1.165) is 27.2 Å². The fourth-order valence-corrected chi connectivity index (χ4v) is 6.19. The minimum Gasteiger partial charge on any atom is -0.321 e. The number of nitrogens with zero attached hydrogens (tertiary/aromatic N) is 8. The van der Waals surface area contributed by atoms with Gasteiger partial charge in [0.15, 0.2) is 0 Å². The molecule has 5 rings (SSSR count). The van der Waals surface area contributed by atoms with E-state index in [4.69, 9.17) is 4.98 Å². The van der Waals surface area contributed by atoms with E-state index in [1.807, 2.05) is 28.5 Å². The summed E-state index contributed by atoms with van der Waals surface area (Å²) in [7, 11) is -3.32. The molecule has 0 aliphatic carbocycles. The maximum absolute atomic E-state index is 12.3. The number of nitrogens with one attached hydrogen (secondary N) is 1. The highest BCUT2D eigenvalue weighted by Crippen LogP contribution is 2.37. The average Bonchev–Trinajstić information content (AvgIpc) is 3.56. The first-order valence-electron chi connectivity index (χ1n) is 11.2. The summed E-state index contributed by atoms with van der Waals surface area (Å²) in [5, 5.41) is 23.5. The zero-order chi connectivity index (χ0) is 24.8. The Bertz CT molecular complexity index is 1520. The van der Waals surface area contributed by atoms with Gasteiger partial charge in [0.2, 0.25) is 16.0 Å². The third kappa shape index (κ3) is 4.18. The van der Waals surface area contributed by atoms with Gasteiger partial charge in [0.05, 0.1) is 52.2 Å². The number of nitriles is 1. The van der Waals surface area contributed by atoms with Crippen LogP contribution in [0.3, 0.4) is 0 Å². The first kappa shape index (κ1) is 23.4. The number of anilines is 2. The third-order valence-corrected chi connectivity index (χ3v) is 8.82. The summed E-state index contributed by atoms with van der Waals surface area (Å²) in [6, 6.07) is 4.37. The van der Waals surface area contributed by atoms with Gasteiger partial charge in [0.1, 0.15) is 5.54 Å². The van der Waals surface area contributed by atoms with Crippen LogP contribution in [0.1, 0.15) is 33.2 Å². The topological polar surface area (TPSA) is 135 Å². The lowest BCUT2D eigenvalue weighted by atomic mass is 9.89. The van der Waals surface area contributed by atoms with E-state index in [1.54, 1.807) is 24.0 Å². The van der Waals surface area contributed by atoms with Gasteiger partial charge in [-0.2, -0.15) is 19.8 Å². The molecule has 13 heteroatoms. The van der Waals surface area contributed by atoms with Crippen molar-refractivity contribution in [1.82, 2.24) is 33.8 Å². The fourth-order valence-electron chi connectivity index (χ4n) is 4.11. The highest BCUT2D eigenvalue weighted by Gasteiger charge is 2.49. The van der Waals surface area contributed by atoms with E-state index in [9.17, 15) is 13.7 Å². The van der Waals surface area contributed by atoms with Gasteiger partial charge in [0, 0.05) is 37.1 Å². The van der Waals surface area contributed by atoms with E-state index in [2.05, 4.69) is 40.4 Å². The summed E-state index contributed by atoms with van der Waals surface area (Å²) in [6.45, 7) is 6.18. The molecular formula is C22H25N9O2S2. The summed E-state index contributed by atoms with van der Waals surface area (Å²) >= 11 is 1.54. The summed E-state index contributed by atoms with van der Waals surface area (Å²) in [5.41, 5.74) is 2.40. The number of fused-ring (bicyclic) bond motifs is 1. The Balaban J connectivity index is 1.48. The van der Waals surface area contributed by atoms with Crippen molar-refractivity contribution in [3.05, 3.63) is 36.2 Å². The molecule has 0 saturated carbocycles. The van der Waals surface area contributed by atoms with Crippen molar-refractivity contribution in [2.75, 3.05) is 24.2 Å². The Labute approximate surface area is 207 Å². The standard InChI is InChI=1S/C22H25N9O2S2/c1-4-35(32,33)29-13-22(14-29,6-7-23)31-11-16(9-25-31)19-20-18(5-8-34-20)27-21(28-19)26-17-10-24-30(12-17)15(2)3/h5,8-12,15H,4,6,13-14H2,1-3H3,(H,26,27,28). The number of aromatic nitrogens is 6. The Hall–Kier alpha value is -3.34.